The van der Waals surface area contributed by atoms with Gasteiger partial charge in [0, 0.05) is 23.7 Å². The van der Waals surface area contributed by atoms with Crippen molar-refractivity contribution >= 4 is 25.9 Å². The van der Waals surface area contributed by atoms with Gasteiger partial charge in [-0.3, -0.25) is 9.59 Å². The predicted octanol–water partition coefficient (Wildman–Crippen LogP) is 6.41. The third-order valence-corrected chi connectivity index (χ3v) is 13.3. The van der Waals surface area contributed by atoms with E-state index in [0.29, 0.717) is 42.3 Å². The second-order valence-corrected chi connectivity index (χ2v) is 17.6. The molecule has 44 heavy (non-hydrogen) atoms. The average Bonchev–Trinajstić information content (AvgIpc) is 3.60. The van der Waals surface area contributed by atoms with Crippen molar-refractivity contribution in [3.05, 3.63) is 82.3 Å². The van der Waals surface area contributed by atoms with Gasteiger partial charge in [0.1, 0.15) is 17.7 Å². The lowest BCUT2D eigenvalue weighted by Crippen LogP contribution is -2.51. The van der Waals surface area contributed by atoms with Gasteiger partial charge < -0.3 is 19.8 Å². The van der Waals surface area contributed by atoms with Crippen molar-refractivity contribution in [3.8, 4) is 0 Å². The third-order valence-electron chi connectivity index (χ3n) is 8.79. The molecule has 0 aliphatic carbocycles. The van der Waals surface area contributed by atoms with E-state index in [1.165, 1.54) is 30.3 Å². The number of alkyl halides is 3. The summed E-state index contributed by atoms with van der Waals surface area (Å²) in [5.41, 5.74) is 0.422. The molecule has 0 unspecified atom stereocenters. The number of halogens is 4. The van der Waals surface area contributed by atoms with Gasteiger partial charge in [-0.1, -0.05) is 39.0 Å². The summed E-state index contributed by atoms with van der Waals surface area (Å²) < 4.78 is 68.1. The molecule has 8 nitrogen and oxygen atoms in total. The first-order valence-corrected chi connectivity index (χ1v) is 17.3. The Morgan fingerprint density at radius 3 is 2.48 bits per heavy atom. The van der Waals surface area contributed by atoms with E-state index < -0.39 is 49.6 Å². The second-order valence-electron chi connectivity index (χ2n) is 12.8. The molecule has 0 spiro atoms. The quantitative estimate of drug-likeness (QED) is 0.232. The van der Waals surface area contributed by atoms with E-state index in [4.69, 9.17) is 14.3 Å². The number of fused-ring (bicyclic) bond motifs is 1. The van der Waals surface area contributed by atoms with Crippen LogP contribution >= 0.6 is 0 Å². The van der Waals surface area contributed by atoms with Crippen molar-refractivity contribution in [1.29, 1.82) is 0 Å². The fourth-order valence-corrected chi connectivity index (χ4v) is 6.18. The molecule has 0 saturated carbocycles. The molecular formula is C31H36F4N4O4Si. The lowest BCUT2D eigenvalue weighted by Gasteiger charge is -2.36. The highest BCUT2D eigenvalue weighted by Gasteiger charge is 2.45. The van der Waals surface area contributed by atoms with Crippen LogP contribution in [0.15, 0.2) is 48.5 Å². The molecule has 2 aliphatic heterocycles. The number of carbonyl (C=O) groups is 2. The van der Waals surface area contributed by atoms with Crippen LogP contribution in [-0.2, 0) is 26.7 Å². The topological polar surface area (TPSA) is 94.5 Å². The number of carbonyl (C=O) groups excluding carboxylic acids is 2. The molecule has 5 rings (SSSR count). The zero-order valence-corrected chi connectivity index (χ0v) is 26.2. The Hall–Kier alpha value is -3.55. The summed E-state index contributed by atoms with van der Waals surface area (Å²) in [6.07, 6.45) is -3.98. The van der Waals surface area contributed by atoms with Gasteiger partial charge in [0.15, 0.2) is 8.32 Å². The molecule has 2 aromatic carbocycles. The Morgan fingerprint density at radius 1 is 1.16 bits per heavy atom. The molecule has 0 bridgehead atoms. The van der Waals surface area contributed by atoms with Gasteiger partial charge in [-0.15, -0.1) is 0 Å². The number of ether oxygens (including phenoxy) is 1. The van der Waals surface area contributed by atoms with E-state index in [1.807, 2.05) is 0 Å². The monoisotopic (exact) mass is 632 g/mol. The van der Waals surface area contributed by atoms with Crippen LogP contribution in [0.5, 0.6) is 0 Å². The minimum Gasteiger partial charge on any atom is -0.411 e. The maximum atomic E-state index is 14.1. The lowest BCUT2D eigenvalue weighted by atomic mass is 9.81. The van der Waals surface area contributed by atoms with Gasteiger partial charge >= 0.3 is 6.18 Å². The normalized spacial score (nSPS) is 20.8. The zero-order valence-electron chi connectivity index (χ0n) is 25.2. The maximum absolute atomic E-state index is 14.1. The number of hydrogen-bond donors (Lipinski definition) is 2. The number of rotatable bonds is 7. The summed E-state index contributed by atoms with van der Waals surface area (Å²) in [6, 6.07) is 8.16. The number of benzene rings is 2. The summed E-state index contributed by atoms with van der Waals surface area (Å²) in [6.45, 7) is 11.6. The molecule has 1 aromatic heterocycles. The van der Waals surface area contributed by atoms with Gasteiger partial charge in [-0.2, -0.15) is 18.3 Å². The summed E-state index contributed by atoms with van der Waals surface area (Å²) in [5.74, 6) is -2.34. The van der Waals surface area contributed by atoms with E-state index in [0.717, 1.165) is 18.2 Å². The number of aromatic nitrogens is 2. The van der Waals surface area contributed by atoms with Crippen molar-refractivity contribution in [2.45, 2.75) is 76.1 Å². The molecule has 3 aromatic rings. The second kappa shape index (κ2) is 11.7. The number of anilines is 1. The van der Waals surface area contributed by atoms with Crippen molar-refractivity contribution in [1.82, 2.24) is 15.1 Å². The molecule has 2 amide bonds. The minimum absolute atomic E-state index is 0.0963. The predicted molar refractivity (Wildman–Crippen MR) is 158 cm³/mol. The van der Waals surface area contributed by atoms with E-state index >= 15 is 0 Å². The first-order chi connectivity index (χ1) is 20.6. The largest absolute Gasteiger partial charge is 0.416 e. The molecule has 0 radical (unpaired) electrons. The van der Waals surface area contributed by atoms with Crippen LogP contribution in [0, 0.1) is 5.82 Å². The maximum Gasteiger partial charge on any atom is 0.416 e. The minimum atomic E-state index is -4.65. The Labute approximate surface area is 254 Å². The number of hydrogen-bond acceptors (Lipinski definition) is 5. The molecule has 13 heteroatoms. The van der Waals surface area contributed by atoms with E-state index in [2.05, 4.69) is 44.5 Å². The van der Waals surface area contributed by atoms with Crippen LogP contribution in [-0.4, -0.2) is 49.2 Å². The first-order valence-electron chi connectivity index (χ1n) is 14.4. The molecule has 2 aliphatic rings. The Bertz CT molecular complexity index is 1540. The number of nitrogens with zero attached hydrogens (tertiary/aromatic N) is 2. The van der Waals surface area contributed by atoms with Crippen LogP contribution in [0.4, 0.5) is 23.4 Å². The van der Waals surface area contributed by atoms with Crippen LogP contribution in [0.1, 0.15) is 71.9 Å². The highest BCUT2D eigenvalue weighted by atomic mass is 28.4. The molecular weight excluding hydrogens is 596 g/mol. The highest BCUT2D eigenvalue weighted by molar-refractivity contribution is 6.74. The third kappa shape index (κ3) is 6.31. The molecule has 2 N–H and O–H groups in total. The lowest BCUT2D eigenvalue weighted by molar-refractivity contribution is -0.137. The van der Waals surface area contributed by atoms with Crippen molar-refractivity contribution in [3.63, 3.8) is 0 Å². The van der Waals surface area contributed by atoms with E-state index in [9.17, 15) is 27.2 Å². The molecule has 1 fully saturated rings. The van der Waals surface area contributed by atoms with Gasteiger partial charge in [0.2, 0.25) is 5.91 Å². The highest BCUT2D eigenvalue weighted by Crippen LogP contribution is 2.43. The van der Waals surface area contributed by atoms with Gasteiger partial charge in [0.05, 0.1) is 30.5 Å². The fraction of sp³-hybridized carbons (Fsp3) is 0.452. The fourth-order valence-electron chi connectivity index (χ4n) is 5.25. The first kappa shape index (κ1) is 31.9. The standard InChI is InChI=1S/C31H36F4N4O4Si/c1-30(2,3)44(4,5)43-17-23-25-24(18-9-11-21(32)12-10-18)26(29(41)37-27(25)39(38-23)22-13-14-42-16-22)36-28(40)19-7-6-8-20(15-19)31(33,34)35/h6-12,15,22,24,26H,13-14,16-17H2,1-5H3,(H,36,40)(H,37,41)/t22-,24-,26-/m1/s1. The zero-order chi connectivity index (χ0) is 32.0. The SMILES string of the molecule is CC(C)(C)[Si](C)(C)OCc1nn([C@@H]2CCOC2)c2c1[C@@H](c1ccc(F)cc1)[C@@H](NC(=O)c1cccc(C(F)(F)F)c1)C(=O)N2. The van der Waals surface area contributed by atoms with E-state index in [-0.39, 0.29) is 23.3 Å². The summed E-state index contributed by atoms with van der Waals surface area (Å²) >= 11 is 0. The Balaban J connectivity index is 1.60. The summed E-state index contributed by atoms with van der Waals surface area (Å²) in [5, 5.41) is 10.4. The summed E-state index contributed by atoms with van der Waals surface area (Å²) in [4.78, 5) is 27.1. The average molecular weight is 633 g/mol. The van der Waals surface area contributed by atoms with Gasteiger partial charge in [0.25, 0.3) is 5.91 Å². The van der Waals surface area contributed by atoms with E-state index in [1.54, 1.807) is 4.68 Å². The molecule has 3 atom stereocenters. The molecule has 3 heterocycles. The Kier molecular flexibility index (Phi) is 8.51. The van der Waals surface area contributed by atoms with Crippen LogP contribution < -0.4 is 10.6 Å². The number of nitrogens with one attached hydrogen (secondary N) is 2. The van der Waals surface area contributed by atoms with Crippen molar-refractivity contribution in [2.75, 3.05) is 18.5 Å². The smallest absolute Gasteiger partial charge is 0.411 e. The molecule has 1 saturated heterocycles. The Morgan fingerprint density at radius 2 is 1.86 bits per heavy atom. The van der Waals surface area contributed by atoms with Crippen LogP contribution in [0.25, 0.3) is 0 Å². The summed E-state index contributed by atoms with van der Waals surface area (Å²) in [7, 11) is -2.26. The van der Waals surface area contributed by atoms with Crippen molar-refractivity contribution < 1.29 is 36.3 Å². The van der Waals surface area contributed by atoms with Gasteiger partial charge in [-0.25, -0.2) is 9.07 Å². The molecule has 236 valence electrons. The number of amides is 2. The van der Waals surface area contributed by atoms with Crippen molar-refractivity contribution in [2.24, 2.45) is 0 Å². The van der Waals surface area contributed by atoms with Crippen LogP contribution in [0.2, 0.25) is 18.1 Å². The van der Waals surface area contributed by atoms with Crippen LogP contribution in [0.3, 0.4) is 0 Å². The van der Waals surface area contributed by atoms with Gasteiger partial charge in [-0.05, 0) is 60.4 Å².